The number of aromatic nitrogens is 3. The molecule has 1 aliphatic heterocycles. The van der Waals surface area contributed by atoms with E-state index in [0.29, 0.717) is 25.3 Å². The minimum Gasteiger partial charge on any atom is -0.494 e. The van der Waals surface area contributed by atoms with Crippen LogP contribution in [-0.4, -0.2) is 45.0 Å². The van der Waals surface area contributed by atoms with Crippen molar-refractivity contribution in [1.82, 2.24) is 19.4 Å². The van der Waals surface area contributed by atoms with Gasteiger partial charge in [-0.15, -0.1) is 0 Å². The molecule has 1 atom stereocenters. The van der Waals surface area contributed by atoms with Gasteiger partial charge in [0.2, 0.25) is 0 Å². The highest BCUT2D eigenvalue weighted by Gasteiger charge is 2.31. The minimum atomic E-state index is 0.0304. The van der Waals surface area contributed by atoms with Crippen molar-refractivity contribution in [2.24, 2.45) is 0 Å². The average Bonchev–Trinajstić information content (AvgIpc) is 3.52. The van der Waals surface area contributed by atoms with Crippen LogP contribution < -0.4 is 4.74 Å². The number of likely N-dealkylation sites (tertiary alicyclic amines) is 1. The maximum atomic E-state index is 13.0. The molecule has 4 aromatic rings. The van der Waals surface area contributed by atoms with Crippen LogP contribution in [0.5, 0.6) is 5.75 Å². The number of amides is 1. The van der Waals surface area contributed by atoms with E-state index in [1.54, 1.807) is 18.7 Å². The summed E-state index contributed by atoms with van der Waals surface area (Å²) in [6.07, 6.45) is 5.95. The van der Waals surface area contributed by atoms with Crippen LogP contribution in [0.4, 0.5) is 0 Å². The molecule has 0 bridgehead atoms. The van der Waals surface area contributed by atoms with Gasteiger partial charge in [0.1, 0.15) is 23.4 Å². The molecule has 0 N–H and O–H groups in total. The Kier molecular flexibility index (Phi) is 4.71. The van der Waals surface area contributed by atoms with Gasteiger partial charge in [-0.25, -0.2) is 9.97 Å². The fourth-order valence-electron chi connectivity index (χ4n) is 4.05. The van der Waals surface area contributed by atoms with E-state index in [0.717, 1.165) is 34.7 Å². The first-order chi connectivity index (χ1) is 14.7. The monoisotopic (exact) mass is 402 g/mol. The number of ether oxygens (including phenoxy) is 1. The van der Waals surface area contributed by atoms with E-state index in [1.807, 2.05) is 54.3 Å². The van der Waals surface area contributed by atoms with E-state index >= 15 is 0 Å². The second kappa shape index (κ2) is 7.67. The maximum Gasteiger partial charge on any atom is 0.253 e. The van der Waals surface area contributed by atoms with Gasteiger partial charge in [-0.3, -0.25) is 4.79 Å². The van der Waals surface area contributed by atoms with Crippen LogP contribution in [0.2, 0.25) is 0 Å². The van der Waals surface area contributed by atoms with Crippen molar-refractivity contribution in [3.8, 4) is 17.1 Å². The quantitative estimate of drug-likeness (QED) is 0.501. The molecular weight excluding hydrogens is 380 g/mol. The molecule has 3 aromatic heterocycles. The van der Waals surface area contributed by atoms with Crippen molar-refractivity contribution in [3.05, 3.63) is 66.8 Å². The molecule has 1 fully saturated rings. The molecule has 7 heteroatoms. The van der Waals surface area contributed by atoms with E-state index in [1.165, 1.54) is 0 Å². The molecule has 152 valence electrons. The fourth-order valence-corrected chi connectivity index (χ4v) is 4.05. The van der Waals surface area contributed by atoms with Gasteiger partial charge in [-0.05, 0) is 55.8 Å². The van der Waals surface area contributed by atoms with Gasteiger partial charge in [-0.1, -0.05) is 0 Å². The number of carbonyl (C=O) groups is 1. The number of fused-ring (bicyclic) bond motifs is 1. The first-order valence-corrected chi connectivity index (χ1v) is 10.1. The number of hydrogen-bond donors (Lipinski definition) is 0. The number of hydrogen-bond acceptors (Lipinski definition) is 5. The number of imidazole rings is 1. The molecule has 1 amide bonds. The van der Waals surface area contributed by atoms with Crippen LogP contribution in [0.3, 0.4) is 0 Å². The van der Waals surface area contributed by atoms with Crippen molar-refractivity contribution in [1.29, 1.82) is 0 Å². The Morgan fingerprint density at radius 2 is 2.10 bits per heavy atom. The third-order valence-corrected chi connectivity index (χ3v) is 5.46. The van der Waals surface area contributed by atoms with Crippen molar-refractivity contribution < 1.29 is 13.9 Å². The van der Waals surface area contributed by atoms with Crippen molar-refractivity contribution in [2.45, 2.75) is 19.4 Å². The van der Waals surface area contributed by atoms with E-state index in [-0.39, 0.29) is 11.9 Å². The van der Waals surface area contributed by atoms with Crippen LogP contribution in [0, 0.1) is 0 Å². The molecule has 4 heterocycles. The minimum absolute atomic E-state index is 0.0304. The molecule has 0 aliphatic carbocycles. The number of pyridine rings is 1. The summed E-state index contributed by atoms with van der Waals surface area (Å²) in [5.74, 6) is 1.62. The lowest BCUT2D eigenvalue weighted by atomic mass is 10.2. The topological polar surface area (TPSA) is 73.4 Å². The molecule has 7 nitrogen and oxygen atoms in total. The predicted octanol–water partition coefficient (Wildman–Crippen LogP) is 4.18. The molecule has 30 heavy (non-hydrogen) atoms. The van der Waals surface area contributed by atoms with Crippen molar-refractivity contribution >= 4 is 17.1 Å². The van der Waals surface area contributed by atoms with E-state index in [2.05, 4.69) is 9.55 Å². The lowest BCUT2D eigenvalue weighted by molar-refractivity contribution is 0.0788. The second-order valence-electron chi connectivity index (χ2n) is 7.31. The zero-order chi connectivity index (χ0) is 20.5. The third kappa shape index (κ3) is 3.22. The van der Waals surface area contributed by atoms with Crippen LogP contribution in [0.1, 0.15) is 29.7 Å². The SMILES string of the molecule is CCOc1ccc(C(=O)N2CC[C@H](n3c(-c4ccoc4)nc4cccnc43)C2)cc1. The number of rotatable bonds is 5. The molecule has 0 spiro atoms. The fraction of sp³-hybridized carbons (Fsp3) is 0.261. The highest BCUT2D eigenvalue weighted by Crippen LogP contribution is 2.32. The lowest BCUT2D eigenvalue weighted by Gasteiger charge is -2.19. The van der Waals surface area contributed by atoms with Gasteiger partial charge < -0.3 is 18.6 Å². The normalized spacial score (nSPS) is 16.3. The third-order valence-electron chi connectivity index (χ3n) is 5.46. The molecule has 0 unspecified atom stereocenters. The lowest BCUT2D eigenvalue weighted by Crippen LogP contribution is -2.29. The molecular formula is C23H22N4O3. The Labute approximate surface area is 173 Å². The average molecular weight is 402 g/mol. The number of carbonyl (C=O) groups excluding carboxylic acids is 1. The summed E-state index contributed by atoms with van der Waals surface area (Å²) in [5.41, 5.74) is 3.24. The second-order valence-corrected chi connectivity index (χ2v) is 7.31. The molecule has 1 saturated heterocycles. The maximum absolute atomic E-state index is 13.0. The molecule has 1 aliphatic rings. The molecule has 0 saturated carbocycles. The van der Waals surface area contributed by atoms with Crippen LogP contribution in [0.15, 0.2) is 65.6 Å². The summed E-state index contributed by atoms with van der Waals surface area (Å²) in [6.45, 7) is 3.84. The predicted molar refractivity (Wildman–Crippen MR) is 112 cm³/mol. The largest absolute Gasteiger partial charge is 0.494 e. The van der Waals surface area contributed by atoms with Gasteiger partial charge in [0.05, 0.1) is 24.5 Å². The zero-order valence-corrected chi connectivity index (χ0v) is 16.7. The van der Waals surface area contributed by atoms with E-state index in [4.69, 9.17) is 14.1 Å². The summed E-state index contributed by atoms with van der Waals surface area (Å²) in [5, 5.41) is 0. The zero-order valence-electron chi connectivity index (χ0n) is 16.7. The molecule has 0 radical (unpaired) electrons. The van der Waals surface area contributed by atoms with E-state index in [9.17, 15) is 4.79 Å². The Hall–Kier alpha value is -3.61. The summed E-state index contributed by atoms with van der Waals surface area (Å²) in [7, 11) is 0. The van der Waals surface area contributed by atoms with Crippen molar-refractivity contribution in [2.75, 3.05) is 19.7 Å². The standard InChI is InChI=1S/C23H22N4O3/c1-2-30-19-7-5-16(6-8-19)23(28)26-12-9-18(14-26)27-21(17-10-13-29-15-17)25-20-4-3-11-24-22(20)27/h3-8,10-11,13,15,18H,2,9,12,14H2,1H3/t18-/m0/s1. The van der Waals surface area contributed by atoms with Gasteiger partial charge >= 0.3 is 0 Å². The first-order valence-electron chi connectivity index (χ1n) is 10.1. The van der Waals surface area contributed by atoms with Gasteiger partial charge in [0.15, 0.2) is 5.65 Å². The number of furan rings is 1. The molecule has 1 aromatic carbocycles. The Morgan fingerprint density at radius 3 is 2.87 bits per heavy atom. The Morgan fingerprint density at radius 1 is 1.23 bits per heavy atom. The first kappa shape index (κ1) is 18.4. The number of benzene rings is 1. The summed E-state index contributed by atoms with van der Waals surface area (Å²) in [6, 6.07) is 13.2. The summed E-state index contributed by atoms with van der Waals surface area (Å²) in [4.78, 5) is 24.3. The smallest absolute Gasteiger partial charge is 0.253 e. The van der Waals surface area contributed by atoms with Gasteiger partial charge in [-0.2, -0.15) is 0 Å². The van der Waals surface area contributed by atoms with Crippen molar-refractivity contribution in [3.63, 3.8) is 0 Å². The van der Waals surface area contributed by atoms with Crippen LogP contribution in [0.25, 0.3) is 22.6 Å². The highest BCUT2D eigenvalue weighted by atomic mass is 16.5. The Bertz CT molecular complexity index is 1170. The van der Waals surface area contributed by atoms with Crippen LogP contribution in [-0.2, 0) is 0 Å². The summed E-state index contributed by atoms with van der Waals surface area (Å²) < 4.78 is 12.9. The summed E-state index contributed by atoms with van der Waals surface area (Å²) >= 11 is 0. The highest BCUT2D eigenvalue weighted by molar-refractivity contribution is 5.94. The Balaban J connectivity index is 1.43. The van der Waals surface area contributed by atoms with Crippen LogP contribution >= 0.6 is 0 Å². The van der Waals surface area contributed by atoms with E-state index < -0.39 is 0 Å². The molecule has 5 rings (SSSR count). The number of nitrogens with zero attached hydrogens (tertiary/aromatic N) is 4. The van der Waals surface area contributed by atoms with Gasteiger partial charge in [0, 0.05) is 24.8 Å². The van der Waals surface area contributed by atoms with Gasteiger partial charge in [0.25, 0.3) is 5.91 Å².